The highest BCUT2D eigenvalue weighted by Gasteiger charge is 2.20. The molecule has 0 amide bonds. The average molecular weight is 348 g/mol. The summed E-state index contributed by atoms with van der Waals surface area (Å²) in [6.45, 7) is 9.61. The summed E-state index contributed by atoms with van der Waals surface area (Å²) in [7, 11) is 0. The lowest BCUT2D eigenvalue weighted by Gasteiger charge is -2.12. The normalized spacial score (nSPS) is 11.0. The molecule has 0 unspecified atom stereocenters. The van der Waals surface area contributed by atoms with Gasteiger partial charge in [-0.1, -0.05) is 23.3 Å². The van der Waals surface area contributed by atoms with Gasteiger partial charge in [-0.25, -0.2) is 9.37 Å². The molecule has 0 radical (unpaired) electrons. The maximum Gasteiger partial charge on any atom is 0.261 e. The molecular weight excluding hydrogens is 333 g/mol. The average Bonchev–Trinajstić information content (AvgIpc) is 2.94. The van der Waals surface area contributed by atoms with Gasteiger partial charge in [-0.2, -0.15) is 4.98 Å². The number of pyridine rings is 1. The van der Waals surface area contributed by atoms with Crippen LogP contribution < -0.4 is 0 Å². The molecular formula is C17H15ClFN3O2. The fraction of sp³-hybridized carbons (Fsp3) is 0.235. The molecule has 2 heterocycles. The number of fused-ring (bicyclic) bond motifs is 1. The van der Waals surface area contributed by atoms with Crippen molar-refractivity contribution < 1.29 is 13.7 Å². The Labute approximate surface area is 143 Å². The Bertz CT molecular complexity index is 953. The largest absolute Gasteiger partial charge is 0.494 e. The lowest BCUT2D eigenvalue weighted by atomic mass is 10.0. The second-order valence-electron chi connectivity index (χ2n) is 5.26. The highest BCUT2D eigenvalue weighted by molar-refractivity contribution is 6.32. The topological polar surface area (TPSA) is 61.0 Å². The minimum Gasteiger partial charge on any atom is -0.494 e. The quantitative estimate of drug-likeness (QED) is 0.505. The molecule has 3 aromatic rings. The lowest BCUT2D eigenvalue weighted by Crippen LogP contribution is -1.97. The summed E-state index contributed by atoms with van der Waals surface area (Å²) in [4.78, 5) is 8.34. The van der Waals surface area contributed by atoms with Crippen LogP contribution in [0, 0.1) is 19.7 Å². The summed E-state index contributed by atoms with van der Waals surface area (Å²) in [5.74, 6) is 0.619. The summed E-state index contributed by atoms with van der Waals surface area (Å²) < 4.78 is 25.0. The number of aryl methyl sites for hydroxylation is 2. The second-order valence-corrected chi connectivity index (χ2v) is 5.62. The Hall–Kier alpha value is -2.47. The Morgan fingerprint density at radius 1 is 1.33 bits per heavy atom. The van der Waals surface area contributed by atoms with Gasteiger partial charge in [-0.3, -0.25) is 0 Å². The van der Waals surface area contributed by atoms with Crippen LogP contribution in [0.1, 0.15) is 23.9 Å². The molecule has 0 aliphatic heterocycles. The molecule has 3 rings (SSSR count). The van der Waals surface area contributed by atoms with Crippen molar-refractivity contribution in [3.63, 3.8) is 0 Å². The predicted octanol–water partition coefficient (Wildman–Crippen LogP) is 4.70. The van der Waals surface area contributed by atoms with Gasteiger partial charge in [-0.05, 0) is 38.5 Å². The Morgan fingerprint density at radius 2 is 2.08 bits per heavy atom. The van der Waals surface area contributed by atoms with Crippen molar-refractivity contribution >= 4 is 28.3 Å². The molecule has 7 heteroatoms. The third-order valence-corrected chi connectivity index (χ3v) is 3.91. The third kappa shape index (κ3) is 2.73. The molecule has 0 saturated heterocycles. The van der Waals surface area contributed by atoms with Crippen molar-refractivity contribution in [1.82, 2.24) is 15.1 Å². The van der Waals surface area contributed by atoms with Gasteiger partial charge < -0.3 is 9.26 Å². The molecule has 124 valence electrons. The first-order valence-electron chi connectivity index (χ1n) is 7.34. The van der Waals surface area contributed by atoms with E-state index in [2.05, 4.69) is 21.7 Å². The van der Waals surface area contributed by atoms with E-state index in [4.69, 9.17) is 20.9 Å². The van der Waals surface area contributed by atoms with Crippen LogP contribution in [-0.2, 0) is 4.74 Å². The van der Waals surface area contributed by atoms with E-state index in [1.807, 2.05) is 6.92 Å². The molecule has 5 nitrogen and oxygen atoms in total. The van der Waals surface area contributed by atoms with Crippen molar-refractivity contribution in [2.24, 2.45) is 0 Å². The molecule has 0 bridgehead atoms. The van der Waals surface area contributed by atoms with E-state index in [0.29, 0.717) is 40.3 Å². The first-order chi connectivity index (χ1) is 11.4. The fourth-order valence-corrected chi connectivity index (χ4v) is 2.81. The first-order valence-corrected chi connectivity index (χ1v) is 7.72. The molecule has 0 spiro atoms. The number of hydrogen-bond donors (Lipinski definition) is 0. The number of hydrogen-bond acceptors (Lipinski definition) is 5. The van der Waals surface area contributed by atoms with Crippen LogP contribution in [0.25, 0.3) is 28.1 Å². The van der Waals surface area contributed by atoms with E-state index in [1.165, 1.54) is 6.07 Å². The van der Waals surface area contributed by atoms with Crippen LogP contribution in [-0.4, -0.2) is 21.7 Å². The van der Waals surface area contributed by atoms with Gasteiger partial charge in [0.15, 0.2) is 5.82 Å². The van der Waals surface area contributed by atoms with Crippen molar-refractivity contribution in [1.29, 1.82) is 0 Å². The Balaban J connectivity index is 2.27. The van der Waals surface area contributed by atoms with E-state index < -0.39 is 5.82 Å². The SMILES string of the molecule is C=C(OCC)c1cc(F)c2nc(Cl)c(-c3nc(C)no3)c(C)c2c1. The monoisotopic (exact) mass is 347 g/mol. The zero-order chi connectivity index (χ0) is 17.4. The molecule has 0 N–H and O–H groups in total. The van der Waals surface area contributed by atoms with Gasteiger partial charge in [0.1, 0.15) is 22.2 Å². The number of halogens is 2. The van der Waals surface area contributed by atoms with Crippen molar-refractivity contribution in [3.05, 3.63) is 46.6 Å². The number of benzene rings is 1. The number of aromatic nitrogens is 3. The first kappa shape index (κ1) is 16.4. The van der Waals surface area contributed by atoms with Crippen LogP contribution in [0.4, 0.5) is 4.39 Å². The summed E-state index contributed by atoms with van der Waals surface area (Å²) in [5, 5.41) is 4.46. The van der Waals surface area contributed by atoms with E-state index in [1.54, 1.807) is 19.9 Å². The molecule has 2 aromatic heterocycles. The maximum atomic E-state index is 14.5. The van der Waals surface area contributed by atoms with E-state index in [0.717, 1.165) is 0 Å². The van der Waals surface area contributed by atoms with Gasteiger partial charge >= 0.3 is 0 Å². The molecule has 0 aliphatic carbocycles. The molecule has 0 aliphatic rings. The van der Waals surface area contributed by atoms with Crippen LogP contribution in [0.2, 0.25) is 5.15 Å². The van der Waals surface area contributed by atoms with Crippen molar-refractivity contribution in [3.8, 4) is 11.5 Å². The Kier molecular flexibility index (Phi) is 4.24. The summed E-state index contributed by atoms with van der Waals surface area (Å²) in [6, 6.07) is 3.10. The molecule has 24 heavy (non-hydrogen) atoms. The number of ether oxygens (including phenoxy) is 1. The Morgan fingerprint density at radius 3 is 2.71 bits per heavy atom. The smallest absolute Gasteiger partial charge is 0.261 e. The highest BCUT2D eigenvalue weighted by Crippen LogP contribution is 2.35. The van der Waals surface area contributed by atoms with Gasteiger partial charge in [0.25, 0.3) is 5.89 Å². The zero-order valence-electron chi connectivity index (χ0n) is 13.5. The van der Waals surface area contributed by atoms with Gasteiger partial charge in [0, 0.05) is 10.9 Å². The van der Waals surface area contributed by atoms with Crippen molar-refractivity contribution in [2.75, 3.05) is 6.61 Å². The highest BCUT2D eigenvalue weighted by atomic mass is 35.5. The van der Waals surface area contributed by atoms with Crippen LogP contribution >= 0.6 is 11.6 Å². The summed E-state index contributed by atoms with van der Waals surface area (Å²) in [6.07, 6.45) is 0. The standard InChI is InChI=1S/C17H15ClFN3O2/c1-5-23-9(3)11-6-12-8(2)14(17-20-10(4)22-24-17)16(18)21-15(12)13(19)7-11/h6-7H,3,5H2,1-2,4H3. The number of nitrogens with zero attached hydrogens (tertiary/aromatic N) is 3. The fourth-order valence-electron chi connectivity index (χ4n) is 2.51. The number of rotatable bonds is 4. The third-order valence-electron chi connectivity index (χ3n) is 3.64. The maximum absolute atomic E-state index is 14.5. The molecule has 0 fully saturated rings. The minimum absolute atomic E-state index is 0.110. The second kappa shape index (κ2) is 6.20. The molecule has 0 saturated carbocycles. The van der Waals surface area contributed by atoms with E-state index >= 15 is 0 Å². The van der Waals surface area contributed by atoms with E-state index in [-0.39, 0.29) is 16.6 Å². The van der Waals surface area contributed by atoms with Crippen molar-refractivity contribution in [2.45, 2.75) is 20.8 Å². The van der Waals surface area contributed by atoms with Gasteiger partial charge in [0.2, 0.25) is 0 Å². The zero-order valence-corrected chi connectivity index (χ0v) is 14.2. The van der Waals surface area contributed by atoms with E-state index in [9.17, 15) is 4.39 Å². The van der Waals surface area contributed by atoms with Crippen LogP contribution in [0.5, 0.6) is 0 Å². The van der Waals surface area contributed by atoms with Gasteiger partial charge in [-0.15, -0.1) is 0 Å². The van der Waals surface area contributed by atoms with Gasteiger partial charge in [0.05, 0.1) is 12.2 Å². The van der Waals surface area contributed by atoms with Crippen LogP contribution in [0.15, 0.2) is 23.2 Å². The molecule has 1 aromatic carbocycles. The lowest BCUT2D eigenvalue weighted by molar-refractivity contribution is 0.299. The molecule has 0 atom stereocenters. The predicted molar refractivity (Wildman–Crippen MR) is 90.1 cm³/mol. The summed E-state index contributed by atoms with van der Waals surface area (Å²) in [5.41, 5.74) is 1.90. The minimum atomic E-state index is -0.499. The summed E-state index contributed by atoms with van der Waals surface area (Å²) >= 11 is 6.23. The van der Waals surface area contributed by atoms with Crippen LogP contribution in [0.3, 0.4) is 0 Å².